The lowest BCUT2D eigenvalue weighted by Gasteiger charge is -2.41. The third-order valence-electron chi connectivity index (χ3n) is 8.04. The molecule has 0 radical (unpaired) electrons. The van der Waals surface area contributed by atoms with Gasteiger partial charge in [-0.2, -0.15) is 0 Å². The molecule has 2 amide bonds. The van der Waals surface area contributed by atoms with Crippen molar-refractivity contribution in [3.05, 3.63) is 29.8 Å². The highest BCUT2D eigenvalue weighted by atomic mass is 16.5. The summed E-state index contributed by atoms with van der Waals surface area (Å²) >= 11 is 0. The van der Waals surface area contributed by atoms with Crippen molar-refractivity contribution in [2.45, 2.75) is 82.8 Å². The lowest BCUT2D eigenvalue weighted by molar-refractivity contribution is -0.152. The van der Waals surface area contributed by atoms with Crippen LogP contribution in [0, 0.1) is 11.8 Å². The van der Waals surface area contributed by atoms with Crippen molar-refractivity contribution in [1.82, 2.24) is 10.2 Å². The van der Waals surface area contributed by atoms with Crippen LogP contribution >= 0.6 is 0 Å². The van der Waals surface area contributed by atoms with Gasteiger partial charge in [0.15, 0.2) is 0 Å². The van der Waals surface area contributed by atoms with Crippen molar-refractivity contribution < 1.29 is 23.8 Å². The van der Waals surface area contributed by atoms with E-state index in [4.69, 9.17) is 14.2 Å². The summed E-state index contributed by atoms with van der Waals surface area (Å²) in [6.45, 7) is 2.55. The molecule has 7 heteroatoms. The van der Waals surface area contributed by atoms with Gasteiger partial charge in [-0.1, -0.05) is 50.7 Å². The Bertz CT molecular complexity index is 802. The molecule has 2 atom stereocenters. The SMILES string of the molecule is COc1ccc(CN2C(=O)COCC2C2CCCCC2)cc1.O=C1COCC(C2CCCCC2)N1. The van der Waals surface area contributed by atoms with Gasteiger partial charge in [0.05, 0.1) is 32.4 Å². The minimum Gasteiger partial charge on any atom is -0.497 e. The number of benzene rings is 1. The zero-order chi connectivity index (χ0) is 24.5. The molecular formula is C28H42N2O5. The smallest absolute Gasteiger partial charge is 0.249 e. The van der Waals surface area contributed by atoms with E-state index in [9.17, 15) is 9.59 Å². The summed E-state index contributed by atoms with van der Waals surface area (Å²) in [4.78, 5) is 25.5. The van der Waals surface area contributed by atoms with Crippen LogP contribution in [0.25, 0.3) is 0 Å². The van der Waals surface area contributed by atoms with Crippen LogP contribution in [0.1, 0.15) is 69.8 Å². The zero-order valence-corrected chi connectivity index (χ0v) is 21.2. The average molecular weight is 487 g/mol. The normalized spacial score (nSPS) is 26.5. The number of carbonyl (C=O) groups excluding carboxylic acids is 2. The first-order valence-electron chi connectivity index (χ1n) is 13.5. The van der Waals surface area contributed by atoms with Crippen LogP contribution in [0.3, 0.4) is 0 Å². The first kappa shape index (κ1) is 26.0. The fourth-order valence-corrected chi connectivity index (χ4v) is 6.03. The Balaban J connectivity index is 0.000000189. The van der Waals surface area contributed by atoms with Gasteiger partial charge < -0.3 is 24.4 Å². The molecule has 1 N–H and O–H groups in total. The Hall–Kier alpha value is -2.12. The summed E-state index contributed by atoms with van der Waals surface area (Å²) in [5, 5.41) is 3.02. The molecule has 1 aromatic rings. The molecule has 5 rings (SSSR count). The monoisotopic (exact) mass is 486 g/mol. The average Bonchev–Trinajstić information content (AvgIpc) is 2.92. The Morgan fingerprint density at radius 2 is 1.49 bits per heavy atom. The number of amides is 2. The number of carbonyl (C=O) groups is 2. The first-order chi connectivity index (χ1) is 17.1. The molecule has 2 aliphatic heterocycles. The zero-order valence-electron chi connectivity index (χ0n) is 21.2. The second-order valence-corrected chi connectivity index (χ2v) is 10.4. The summed E-state index contributed by atoms with van der Waals surface area (Å²) in [6.07, 6.45) is 12.9. The molecule has 0 bridgehead atoms. The van der Waals surface area contributed by atoms with Crippen molar-refractivity contribution in [2.24, 2.45) is 11.8 Å². The van der Waals surface area contributed by atoms with E-state index >= 15 is 0 Å². The Morgan fingerprint density at radius 1 is 0.857 bits per heavy atom. The molecule has 4 aliphatic rings. The number of rotatable bonds is 5. The van der Waals surface area contributed by atoms with Crippen LogP contribution in [0.15, 0.2) is 24.3 Å². The lowest BCUT2D eigenvalue weighted by Crippen LogP contribution is -2.52. The molecule has 4 fully saturated rings. The van der Waals surface area contributed by atoms with Crippen LogP contribution in [0.4, 0.5) is 0 Å². The van der Waals surface area contributed by atoms with Gasteiger partial charge in [0.25, 0.3) is 0 Å². The summed E-state index contributed by atoms with van der Waals surface area (Å²) < 4.78 is 16.0. The van der Waals surface area contributed by atoms with Gasteiger partial charge >= 0.3 is 0 Å². The quantitative estimate of drug-likeness (QED) is 0.679. The van der Waals surface area contributed by atoms with Gasteiger partial charge in [0, 0.05) is 6.54 Å². The minimum atomic E-state index is 0.0572. The maximum atomic E-state index is 12.4. The van der Waals surface area contributed by atoms with Crippen LogP contribution in [0.5, 0.6) is 5.75 Å². The molecule has 2 unspecified atom stereocenters. The van der Waals surface area contributed by atoms with Crippen molar-refractivity contribution >= 4 is 11.8 Å². The van der Waals surface area contributed by atoms with E-state index in [0.29, 0.717) is 31.0 Å². The van der Waals surface area contributed by atoms with E-state index in [1.165, 1.54) is 64.2 Å². The fraction of sp³-hybridized carbons (Fsp3) is 0.714. The summed E-state index contributed by atoms with van der Waals surface area (Å²) in [6, 6.07) is 8.52. The Labute approximate surface area is 209 Å². The minimum absolute atomic E-state index is 0.0572. The number of ether oxygens (including phenoxy) is 3. The van der Waals surface area contributed by atoms with E-state index in [0.717, 1.165) is 17.9 Å². The molecule has 7 nitrogen and oxygen atoms in total. The largest absolute Gasteiger partial charge is 0.497 e. The molecule has 1 aromatic carbocycles. The number of hydrogen-bond donors (Lipinski definition) is 1. The van der Waals surface area contributed by atoms with E-state index in [1.807, 2.05) is 29.2 Å². The van der Waals surface area contributed by atoms with Gasteiger partial charge in [-0.15, -0.1) is 0 Å². The fourth-order valence-electron chi connectivity index (χ4n) is 6.03. The van der Waals surface area contributed by atoms with Crippen LogP contribution in [-0.2, 0) is 25.6 Å². The number of hydrogen-bond acceptors (Lipinski definition) is 5. The van der Waals surface area contributed by atoms with Gasteiger partial charge in [0.2, 0.25) is 11.8 Å². The second kappa shape index (κ2) is 13.3. The third kappa shape index (κ3) is 7.43. The molecule has 2 heterocycles. The van der Waals surface area contributed by atoms with Crippen LogP contribution in [-0.4, -0.2) is 62.3 Å². The molecule has 2 aliphatic carbocycles. The van der Waals surface area contributed by atoms with E-state index in [1.54, 1.807) is 7.11 Å². The molecule has 0 aromatic heterocycles. The third-order valence-corrected chi connectivity index (χ3v) is 8.04. The van der Waals surface area contributed by atoms with Gasteiger partial charge in [-0.25, -0.2) is 0 Å². The Morgan fingerprint density at radius 3 is 2.11 bits per heavy atom. The first-order valence-corrected chi connectivity index (χ1v) is 13.5. The topological polar surface area (TPSA) is 77.1 Å². The summed E-state index contributed by atoms with van der Waals surface area (Å²) in [5.41, 5.74) is 1.15. The molecular weight excluding hydrogens is 444 g/mol. The number of methoxy groups -OCH3 is 1. The van der Waals surface area contributed by atoms with Gasteiger partial charge in [-0.3, -0.25) is 9.59 Å². The number of morpholine rings is 2. The highest BCUT2D eigenvalue weighted by Crippen LogP contribution is 2.32. The van der Waals surface area contributed by atoms with E-state index < -0.39 is 0 Å². The summed E-state index contributed by atoms with van der Waals surface area (Å²) in [7, 11) is 1.67. The highest BCUT2D eigenvalue weighted by molar-refractivity contribution is 5.78. The maximum absolute atomic E-state index is 12.4. The maximum Gasteiger partial charge on any atom is 0.249 e. The predicted octanol–water partition coefficient (Wildman–Crippen LogP) is 4.08. The van der Waals surface area contributed by atoms with Crippen LogP contribution in [0.2, 0.25) is 0 Å². The van der Waals surface area contributed by atoms with Crippen LogP contribution < -0.4 is 10.1 Å². The molecule has 0 spiro atoms. The van der Waals surface area contributed by atoms with E-state index in [-0.39, 0.29) is 31.1 Å². The van der Waals surface area contributed by atoms with Crippen molar-refractivity contribution in [3.8, 4) is 5.75 Å². The molecule has 2 saturated carbocycles. The van der Waals surface area contributed by atoms with Gasteiger partial charge in [0.1, 0.15) is 19.0 Å². The standard InChI is InChI=1S/C18H25NO3.C10H17NO2/c1-21-16-9-7-14(8-10-16)11-19-17(12-22-13-18(19)20)15-5-3-2-4-6-15;12-10-7-13-6-9(11-10)8-4-2-1-3-5-8/h7-10,15,17H,2-6,11-13H2,1H3;8-9H,1-7H2,(H,11,12). The predicted molar refractivity (Wildman–Crippen MR) is 134 cm³/mol. The number of nitrogens with zero attached hydrogens (tertiary/aromatic N) is 1. The Kier molecular flexibility index (Phi) is 9.83. The van der Waals surface area contributed by atoms with Crippen molar-refractivity contribution in [2.75, 3.05) is 33.5 Å². The number of nitrogens with one attached hydrogen (secondary N) is 1. The molecule has 35 heavy (non-hydrogen) atoms. The molecule has 2 saturated heterocycles. The van der Waals surface area contributed by atoms with Crippen molar-refractivity contribution in [1.29, 1.82) is 0 Å². The van der Waals surface area contributed by atoms with Crippen molar-refractivity contribution in [3.63, 3.8) is 0 Å². The highest BCUT2D eigenvalue weighted by Gasteiger charge is 2.35. The summed E-state index contributed by atoms with van der Waals surface area (Å²) in [5.74, 6) is 2.29. The molecule has 194 valence electrons. The van der Waals surface area contributed by atoms with E-state index in [2.05, 4.69) is 5.32 Å². The lowest BCUT2D eigenvalue weighted by atomic mass is 9.83. The second-order valence-electron chi connectivity index (χ2n) is 10.4. The van der Waals surface area contributed by atoms with Gasteiger partial charge in [-0.05, 0) is 55.2 Å².